The molecule has 1 aliphatic carbocycles. The Morgan fingerprint density at radius 1 is 1.25 bits per heavy atom. The zero-order chi connectivity index (χ0) is 12.2. The third-order valence-electron chi connectivity index (χ3n) is 4.37. The van der Waals surface area contributed by atoms with Crippen LogP contribution in [-0.4, -0.2) is 23.9 Å². The van der Waals surface area contributed by atoms with Crippen LogP contribution >= 0.6 is 0 Å². The van der Waals surface area contributed by atoms with Gasteiger partial charge in [0.25, 0.3) is 0 Å². The van der Waals surface area contributed by atoms with Crippen LogP contribution in [-0.2, 0) is 4.74 Å². The summed E-state index contributed by atoms with van der Waals surface area (Å²) in [4.78, 5) is 0. The minimum Gasteiger partial charge on any atom is -0.393 e. The molecule has 0 aromatic rings. The summed E-state index contributed by atoms with van der Waals surface area (Å²) in [5.74, 6) is 0. The Morgan fingerprint density at radius 3 is 2.31 bits per heavy atom. The van der Waals surface area contributed by atoms with Gasteiger partial charge in [-0.05, 0) is 44.9 Å². The average molecular weight is 228 g/mol. The first-order chi connectivity index (χ1) is 7.40. The quantitative estimate of drug-likeness (QED) is 0.780. The second kappa shape index (κ2) is 5.50. The van der Waals surface area contributed by atoms with E-state index in [1.165, 1.54) is 32.1 Å². The van der Waals surface area contributed by atoms with Crippen molar-refractivity contribution < 1.29 is 9.84 Å². The molecule has 1 unspecified atom stereocenters. The van der Waals surface area contributed by atoms with Crippen LogP contribution in [0.1, 0.15) is 65.7 Å². The van der Waals surface area contributed by atoms with Crippen LogP contribution in [0.3, 0.4) is 0 Å². The first kappa shape index (κ1) is 14.0. The Labute approximate surface area is 100 Å². The summed E-state index contributed by atoms with van der Waals surface area (Å²) in [5, 5.41) is 10.3. The van der Waals surface area contributed by atoms with Gasteiger partial charge in [0.15, 0.2) is 0 Å². The summed E-state index contributed by atoms with van der Waals surface area (Å²) in [6, 6.07) is 0. The molecule has 1 atom stereocenters. The van der Waals surface area contributed by atoms with Gasteiger partial charge < -0.3 is 9.84 Å². The Morgan fingerprint density at radius 2 is 1.81 bits per heavy atom. The van der Waals surface area contributed by atoms with E-state index in [9.17, 15) is 5.11 Å². The van der Waals surface area contributed by atoms with Crippen molar-refractivity contribution in [3.05, 3.63) is 0 Å². The normalized spacial score (nSPS) is 23.1. The van der Waals surface area contributed by atoms with E-state index in [1.807, 2.05) is 0 Å². The summed E-state index contributed by atoms with van der Waals surface area (Å²) < 4.78 is 5.40. The molecule has 0 bridgehead atoms. The Hall–Kier alpha value is -0.0800. The maximum absolute atomic E-state index is 10.3. The van der Waals surface area contributed by atoms with Crippen LogP contribution in [0.5, 0.6) is 0 Å². The van der Waals surface area contributed by atoms with Crippen LogP contribution < -0.4 is 0 Å². The van der Waals surface area contributed by atoms with Crippen molar-refractivity contribution in [2.45, 2.75) is 77.4 Å². The van der Waals surface area contributed by atoms with Crippen LogP contribution in [0.15, 0.2) is 0 Å². The molecular formula is C14H28O2. The van der Waals surface area contributed by atoms with E-state index in [2.05, 4.69) is 20.8 Å². The number of rotatable bonds is 5. The Balaban J connectivity index is 2.41. The number of aliphatic hydroxyl groups excluding tert-OH is 1. The lowest BCUT2D eigenvalue weighted by Crippen LogP contribution is -2.36. The van der Waals surface area contributed by atoms with Crippen molar-refractivity contribution >= 4 is 0 Å². The Bertz CT molecular complexity index is 205. The number of ether oxygens (including phenoxy) is 1. The molecule has 2 nitrogen and oxygen atoms in total. The molecule has 1 N–H and O–H groups in total. The van der Waals surface area contributed by atoms with Gasteiger partial charge in [-0.2, -0.15) is 0 Å². The summed E-state index contributed by atoms with van der Waals surface area (Å²) in [6.45, 7) is 6.42. The van der Waals surface area contributed by atoms with Gasteiger partial charge in [0.05, 0.1) is 11.7 Å². The van der Waals surface area contributed by atoms with E-state index >= 15 is 0 Å². The highest BCUT2D eigenvalue weighted by atomic mass is 16.5. The molecule has 16 heavy (non-hydrogen) atoms. The highest BCUT2D eigenvalue weighted by Crippen LogP contribution is 2.40. The lowest BCUT2D eigenvalue weighted by Gasteiger charge is -2.39. The molecule has 96 valence electrons. The Kier molecular flexibility index (Phi) is 4.81. The van der Waals surface area contributed by atoms with E-state index in [0.717, 1.165) is 12.8 Å². The standard InChI is InChI=1S/C14H28O2/c1-13(2,16-4)11-8-12(15)14(3)9-6-5-7-10-14/h12,15H,5-11H2,1-4H3. The number of aliphatic hydroxyl groups is 1. The molecule has 0 aliphatic heterocycles. The highest BCUT2D eigenvalue weighted by Gasteiger charge is 2.34. The molecule has 0 heterocycles. The zero-order valence-electron chi connectivity index (χ0n) is 11.4. The molecule has 0 aromatic carbocycles. The maximum atomic E-state index is 10.3. The minimum absolute atomic E-state index is 0.105. The molecule has 1 fully saturated rings. The van der Waals surface area contributed by atoms with Gasteiger partial charge in [-0.1, -0.05) is 26.2 Å². The van der Waals surface area contributed by atoms with E-state index in [1.54, 1.807) is 7.11 Å². The molecule has 0 saturated heterocycles. The van der Waals surface area contributed by atoms with Crippen molar-refractivity contribution in [3.8, 4) is 0 Å². The second-order valence-corrected chi connectivity index (χ2v) is 6.23. The predicted molar refractivity (Wildman–Crippen MR) is 67.5 cm³/mol. The van der Waals surface area contributed by atoms with E-state index < -0.39 is 0 Å². The van der Waals surface area contributed by atoms with Crippen molar-refractivity contribution in [3.63, 3.8) is 0 Å². The predicted octanol–water partition coefficient (Wildman–Crippen LogP) is 3.52. The summed E-state index contributed by atoms with van der Waals surface area (Å²) in [6.07, 6.45) is 7.89. The fourth-order valence-corrected chi connectivity index (χ4v) is 2.63. The number of hydrogen-bond donors (Lipinski definition) is 1. The molecular weight excluding hydrogens is 200 g/mol. The van der Waals surface area contributed by atoms with Gasteiger partial charge in [-0.25, -0.2) is 0 Å². The zero-order valence-corrected chi connectivity index (χ0v) is 11.4. The average Bonchev–Trinajstić information content (AvgIpc) is 2.27. The summed E-state index contributed by atoms with van der Waals surface area (Å²) in [5.41, 5.74) is 0.0497. The lowest BCUT2D eigenvalue weighted by molar-refractivity contribution is -0.0316. The van der Waals surface area contributed by atoms with Crippen molar-refractivity contribution in [2.75, 3.05) is 7.11 Å². The SMILES string of the molecule is COC(C)(C)CCC(O)C1(C)CCCCC1. The van der Waals surface area contributed by atoms with Crippen LogP contribution in [0.25, 0.3) is 0 Å². The number of methoxy groups -OCH3 is 1. The third kappa shape index (κ3) is 3.74. The van der Waals surface area contributed by atoms with Gasteiger partial charge in [0.1, 0.15) is 0 Å². The highest BCUT2D eigenvalue weighted by molar-refractivity contribution is 4.86. The van der Waals surface area contributed by atoms with Crippen molar-refractivity contribution in [1.82, 2.24) is 0 Å². The lowest BCUT2D eigenvalue weighted by atomic mass is 9.70. The topological polar surface area (TPSA) is 29.5 Å². The van der Waals surface area contributed by atoms with Gasteiger partial charge in [-0.15, -0.1) is 0 Å². The van der Waals surface area contributed by atoms with Gasteiger partial charge in [-0.3, -0.25) is 0 Å². The maximum Gasteiger partial charge on any atom is 0.0623 e. The minimum atomic E-state index is -0.165. The van der Waals surface area contributed by atoms with Crippen molar-refractivity contribution in [2.24, 2.45) is 5.41 Å². The van der Waals surface area contributed by atoms with Crippen LogP contribution in [0.4, 0.5) is 0 Å². The molecule has 0 amide bonds. The summed E-state index contributed by atoms with van der Waals surface area (Å²) >= 11 is 0. The monoisotopic (exact) mass is 228 g/mol. The molecule has 2 heteroatoms. The smallest absolute Gasteiger partial charge is 0.0623 e. The molecule has 1 aliphatic rings. The van der Waals surface area contributed by atoms with E-state index in [0.29, 0.717) is 0 Å². The van der Waals surface area contributed by atoms with Gasteiger partial charge >= 0.3 is 0 Å². The van der Waals surface area contributed by atoms with Crippen molar-refractivity contribution in [1.29, 1.82) is 0 Å². The fourth-order valence-electron chi connectivity index (χ4n) is 2.63. The van der Waals surface area contributed by atoms with Gasteiger partial charge in [0.2, 0.25) is 0 Å². The molecule has 0 spiro atoms. The third-order valence-corrected chi connectivity index (χ3v) is 4.37. The molecule has 1 saturated carbocycles. The van der Waals surface area contributed by atoms with Crippen LogP contribution in [0, 0.1) is 5.41 Å². The first-order valence-electron chi connectivity index (χ1n) is 6.63. The summed E-state index contributed by atoms with van der Waals surface area (Å²) in [7, 11) is 1.74. The first-order valence-corrected chi connectivity index (χ1v) is 6.63. The molecule has 0 radical (unpaired) electrons. The molecule has 1 rings (SSSR count). The van der Waals surface area contributed by atoms with Gasteiger partial charge in [0, 0.05) is 7.11 Å². The van der Waals surface area contributed by atoms with E-state index in [4.69, 9.17) is 4.74 Å². The largest absolute Gasteiger partial charge is 0.393 e. The van der Waals surface area contributed by atoms with E-state index in [-0.39, 0.29) is 17.1 Å². The number of hydrogen-bond acceptors (Lipinski definition) is 2. The fraction of sp³-hybridized carbons (Fsp3) is 1.00. The van der Waals surface area contributed by atoms with Crippen LogP contribution in [0.2, 0.25) is 0 Å². The molecule has 0 aromatic heterocycles. The second-order valence-electron chi connectivity index (χ2n) is 6.23.